The van der Waals surface area contributed by atoms with Crippen LogP contribution in [0, 0.1) is 17.5 Å². The third kappa shape index (κ3) is 4.01. The highest BCUT2D eigenvalue weighted by Gasteiger charge is 2.34. The van der Waals surface area contributed by atoms with Crippen molar-refractivity contribution in [1.29, 1.82) is 0 Å². The van der Waals surface area contributed by atoms with Gasteiger partial charge in [-0.15, -0.1) is 0 Å². The number of benzene rings is 2. The molecule has 0 aliphatic carbocycles. The second-order valence-electron chi connectivity index (χ2n) is 7.10. The van der Waals surface area contributed by atoms with Gasteiger partial charge in [-0.1, -0.05) is 0 Å². The van der Waals surface area contributed by atoms with Crippen LogP contribution in [0.4, 0.5) is 26.3 Å². The number of halogens is 6. The van der Waals surface area contributed by atoms with Gasteiger partial charge in [-0.2, -0.15) is 13.2 Å². The van der Waals surface area contributed by atoms with Gasteiger partial charge in [0, 0.05) is 25.9 Å². The van der Waals surface area contributed by atoms with Crippen molar-refractivity contribution in [3.8, 4) is 0 Å². The van der Waals surface area contributed by atoms with Crippen LogP contribution in [0.25, 0.3) is 10.8 Å². The Balaban J connectivity index is 2.04. The average Bonchev–Trinajstić information content (AvgIpc) is 2.69. The van der Waals surface area contributed by atoms with Crippen LogP contribution in [0.2, 0.25) is 0 Å². The normalized spacial score (nSPS) is 12.8. The highest BCUT2D eigenvalue weighted by atomic mass is 19.4. The summed E-state index contributed by atoms with van der Waals surface area (Å²) in [6.07, 6.45) is -3.55. The predicted molar refractivity (Wildman–Crippen MR) is 101 cm³/mol. The molecule has 3 rings (SSSR count). The van der Waals surface area contributed by atoms with Gasteiger partial charge in [-0.3, -0.25) is 9.59 Å². The topological polar surface area (TPSA) is 42.3 Å². The number of aryl methyl sites for hydroxylation is 1. The highest BCUT2D eigenvalue weighted by Crippen LogP contribution is 2.32. The summed E-state index contributed by atoms with van der Waals surface area (Å²) in [6.45, 7) is 1.53. The Morgan fingerprint density at radius 2 is 1.58 bits per heavy atom. The van der Waals surface area contributed by atoms with E-state index in [2.05, 4.69) is 0 Å². The van der Waals surface area contributed by atoms with Crippen molar-refractivity contribution in [2.24, 2.45) is 7.05 Å². The maximum atomic E-state index is 13.9. The minimum absolute atomic E-state index is 0.0766. The molecule has 0 aliphatic rings. The Labute approximate surface area is 172 Å². The van der Waals surface area contributed by atoms with Gasteiger partial charge < -0.3 is 9.47 Å². The van der Waals surface area contributed by atoms with Crippen molar-refractivity contribution < 1.29 is 31.1 Å². The van der Waals surface area contributed by atoms with E-state index in [1.165, 1.54) is 27.2 Å². The molecule has 0 spiro atoms. The predicted octanol–water partition coefficient (Wildman–Crippen LogP) is 4.81. The van der Waals surface area contributed by atoms with E-state index in [1.54, 1.807) is 0 Å². The number of hydrogen-bond donors (Lipinski definition) is 0. The van der Waals surface area contributed by atoms with E-state index in [0.29, 0.717) is 17.7 Å². The number of nitrogens with zero attached hydrogens (tertiary/aromatic N) is 2. The quantitative estimate of drug-likeness (QED) is 0.547. The molecule has 1 atom stereocenters. The standard InChI is InChI=1S/C21H16F6N2O2/c1-10(14-9-28(2)20(31)13-8-18(24)17(23)7-12(13)14)29(3)19(30)11-4-5-15(16(22)6-11)21(25,26)27/h4-10H,1-3H3/t10-/m1/s1. The van der Waals surface area contributed by atoms with Gasteiger partial charge in [0.2, 0.25) is 0 Å². The summed E-state index contributed by atoms with van der Waals surface area (Å²) in [7, 11) is 2.71. The van der Waals surface area contributed by atoms with Crippen LogP contribution < -0.4 is 5.56 Å². The smallest absolute Gasteiger partial charge is 0.335 e. The Hall–Kier alpha value is -3.30. The van der Waals surface area contributed by atoms with Gasteiger partial charge >= 0.3 is 6.18 Å². The van der Waals surface area contributed by atoms with Crippen molar-refractivity contribution in [2.45, 2.75) is 19.1 Å². The molecule has 2 aromatic carbocycles. The lowest BCUT2D eigenvalue weighted by Crippen LogP contribution is -2.31. The van der Waals surface area contributed by atoms with Crippen molar-refractivity contribution in [3.63, 3.8) is 0 Å². The van der Waals surface area contributed by atoms with Crippen molar-refractivity contribution in [3.05, 3.63) is 81.0 Å². The molecule has 31 heavy (non-hydrogen) atoms. The van der Waals surface area contributed by atoms with Crippen LogP contribution in [-0.4, -0.2) is 22.4 Å². The highest BCUT2D eigenvalue weighted by molar-refractivity contribution is 5.95. The fourth-order valence-corrected chi connectivity index (χ4v) is 3.29. The zero-order valence-electron chi connectivity index (χ0n) is 16.5. The molecule has 0 aliphatic heterocycles. The molecule has 164 valence electrons. The van der Waals surface area contributed by atoms with Crippen LogP contribution in [0.15, 0.2) is 41.3 Å². The van der Waals surface area contributed by atoms with E-state index in [9.17, 15) is 35.9 Å². The van der Waals surface area contributed by atoms with Gasteiger partial charge in [0.1, 0.15) is 5.82 Å². The van der Waals surface area contributed by atoms with Gasteiger partial charge in [0.05, 0.1) is 17.0 Å². The summed E-state index contributed by atoms with van der Waals surface area (Å²) in [5, 5.41) is -0.0278. The van der Waals surface area contributed by atoms with Crippen LogP contribution >= 0.6 is 0 Å². The molecule has 0 bridgehead atoms. The Morgan fingerprint density at radius 1 is 1.00 bits per heavy atom. The molecule has 0 fully saturated rings. The fraction of sp³-hybridized carbons (Fsp3) is 0.238. The number of alkyl halides is 3. The summed E-state index contributed by atoms with van der Waals surface area (Å²) in [5.74, 6) is -4.79. The van der Waals surface area contributed by atoms with Crippen molar-refractivity contribution in [1.82, 2.24) is 9.47 Å². The van der Waals surface area contributed by atoms with Gasteiger partial charge in [0.25, 0.3) is 11.5 Å². The molecular formula is C21H16F6N2O2. The molecule has 4 nitrogen and oxygen atoms in total. The van der Waals surface area contributed by atoms with E-state index >= 15 is 0 Å². The van der Waals surface area contributed by atoms with E-state index in [-0.39, 0.29) is 16.3 Å². The first-order valence-electron chi connectivity index (χ1n) is 8.95. The summed E-state index contributed by atoms with van der Waals surface area (Å²) in [4.78, 5) is 26.2. The second-order valence-corrected chi connectivity index (χ2v) is 7.10. The molecule has 0 radical (unpaired) electrons. The first-order chi connectivity index (χ1) is 14.3. The van der Waals surface area contributed by atoms with Crippen molar-refractivity contribution >= 4 is 16.7 Å². The maximum Gasteiger partial charge on any atom is 0.419 e. The SMILES string of the molecule is C[C@H](c1cn(C)c(=O)c2cc(F)c(F)cc12)N(C)C(=O)c1ccc(C(F)(F)F)c(F)c1. The molecule has 3 aromatic rings. The zero-order chi connectivity index (χ0) is 23.2. The summed E-state index contributed by atoms with van der Waals surface area (Å²) in [5.41, 5.74) is -2.12. The molecule has 0 unspecified atom stereocenters. The number of hydrogen-bond acceptors (Lipinski definition) is 2. The molecule has 1 aromatic heterocycles. The van der Waals surface area contributed by atoms with Gasteiger partial charge in [0.15, 0.2) is 11.6 Å². The number of carbonyl (C=O) groups is 1. The Bertz CT molecular complexity index is 1250. The molecule has 0 saturated carbocycles. The largest absolute Gasteiger partial charge is 0.419 e. The zero-order valence-corrected chi connectivity index (χ0v) is 16.5. The number of pyridine rings is 1. The molecule has 1 amide bonds. The van der Waals surface area contributed by atoms with E-state index in [4.69, 9.17) is 0 Å². The number of fused-ring (bicyclic) bond motifs is 1. The lowest BCUT2D eigenvalue weighted by molar-refractivity contribution is -0.140. The number of rotatable bonds is 3. The summed E-state index contributed by atoms with van der Waals surface area (Å²) < 4.78 is 80.7. The molecular weight excluding hydrogens is 426 g/mol. The molecule has 0 N–H and O–H groups in total. The average molecular weight is 442 g/mol. The second kappa shape index (κ2) is 7.75. The fourth-order valence-electron chi connectivity index (χ4n) is 3.29. The minimum atomic E-state index is -4.90. The lowest BCUT2D eigenvalue weighted by atomic mass is 10.00. The molecule has 0 saturated heterocycles. The van der Waals surface area contributed by atoms with Crippen LogP contribution in [0.1, 0.15) is 34.5 Å². The molecule has 10 heteroatoms. The van der Waals surface area contributed by atoms with Crippen LogP contribution in [-0.2, 0) is 13.2 Å². The third-order valence-corrected chi connectivity index (χ3v) is 5.13. The Morgan fingerprint density at radius 3 is 2.13 bits per heavy atom. The first-order valence-corrected chi connectivity index (χ1v) is 8.95. The number of aromatic nitrogens is 1. The molecule has 1 heterocycles. The monoisotopic (exact) mass is 442 g/mol. The third-order valence-electron chi connectivity index (χ3n) is 5.13. The van der Waals surface area contributed by atoms with Crippen LogP contribution in [0.5, 0.6) is 0 Å². The first kappa shape index (κ1) is 22.4. The summed E-state index contributed by atoms with van der Waals surface area (Å²) in [6, 6.07) is 2.59. The van der Waals surface area contributed by atoms with Crippen LogP contribution in [0.3, 0.4) is 0 Å². The van der Waals surface area contributed by atoms with E-state index in [1.807, 2.05) is 0 Å². The van der Waals surface area contributed by atoms with Gasteiger partial charge in [-0.25, -0.2) is 13.2 Å². The number of carbonyl (C=O) groups excluding carboxylic acids is 1. The number of amides is 1. The van der Waals surface area contributed by atoms with E-state index in [0.717, 1.165) is 27.7 Å². The van der Waals surface area contributed by atoms with Crippen molar-refractivity contribution in [2.75, 3.05) is 7.05 Å². The van der Waals surface area contributed by atoms with E-state index < -0.39 is 46.7 Å². The maximum absolute atomic E-state index is 13.9. The minimum Gasteiger partial charge on any atom is -0.335 e. The summed E-state index contributed by atoms with van der Waals surface area (Å²) >= 11 is 0. The van der Waals surface area contributed by atoms with Gasteiger partial charge in [-0.05, 0) is 48.2 Å². The lowest BCUT2D eigenvalue weighted by Gasteiger charge is -2.27. The Kier molecular flexibility index (Phi) is 5.60.